The fourth-order valence-corrected chi connectivity index (χ4v) is 2.13. The standard InChI is InChI=1S/C13H12F2N6O/c1-19-7-9(11(16-19)12(14)15)8-20-13(22)21(18-17-20)10-5-3-2-4-6-10/h2-7,12H,8H2,1H3. The summed E-state index contributed by atoms with van der Waals surface area (Å²) in [5.74, 6) is 0. The van der Waals surface area contributed by atoms with Gasteiger partial charge < -0.3 is 0 Å². The number of halogens is 2. The van der Waals surface area contributed by atoms with E-state index in [9.17, 15) is 13.6 Å². The quantitative estimate of drug-likeness (QED) is 0.725. The lowest BCUT2D eigenvalue weighted by Gasteiger charge is -2.00. The predicted molar refractivity (Wildman–Crippen MR) is 72.9 cm³/mol. The number of aromatic nitrogens is 6. The van der Waals surface area contributed by atoms with Crippen LogP contribution in [0.2, 0.25) is 0 Å². The molecule has 3 aromatic rings. The zero-order valence-electron chi connectivity index (χ0n) is 11.6. The van der Waals surface area contributed by atoms with Gasteiger partial charge in [-0.15, -0.1) is 0 Å². The molecule has 0 N–H and O–H groups in total. The van der Waals surface area contributed by atoms with E-state index < -0.39 is 12.1 Å². The van der Waals surface area contributed by atoms with Crippen LogP contribution in [-0.2, 0) is 13.6 Å². The molecule has 9 heteroatoms. The number of hydrogen-bond acceptors (Lipinski definition) is 4. The van der Waals surface area contributed by atoms with Crippen LogP contribution < -0.4 is 5.69 Å². The molecule has 0 radical (unpaired) electrons. The zero-order chi connectivity index (χ0) is 15.7. The van der Waals surface area contributed by atoms with Crippen LogP contribution in [0.1, 0.15) is 17.7 Å². The lowest BCUT2D eigenvalue weighted by molar-refractivity contribution is 0.144. The van der Waals surface area contributed by atoms with Crippen LogP contribution in [0.5, 0.6) is 0 Å². The number of tetrazole rings is 1. The molecule has 0 spiro atoms. The number of alkyl halides is 2. The predicted octanol–water partition coefficient (Wildman–Crippen LogP) is 1.15. The Labute approximate surface area is 123 Å². The first-order valence-electron chi connectivity index (χ1n) is 6.45. The molecular weight excluding hydrogens is 294 g/mol. The zero-order valence-corrected chi connectivity index (χ0v) is 11.6. The Kier molecular flexibility index (Phi) is 3.53. The summed E-state index contributed by atoms with van der Waals surface area (Å²) in [6.07, 6.45) is -1.27. The lowest BCUT2D eigenvalue weighted by Crippen LogP contribution is -2.25. The van der Waals surface area contributed by atoms with Gasteiger partial charge in [-0.05, 0) is 22.6 Å². The van der Waals surface area contributed by atoms with Gasteiger partial charge in [0, 0.05) is 18.8 Å². The summed E-state index contributed by atoms with van der Waals surface area (Å²) in [5.41, 5.74) is -0.0716. The van der Waals surface area contributed by atoms with Gasteiger partial charge in [-0.25, -0.2) is 13.6 Å². The van der Waals surface area contributed by atoms with Crippen molar-refractivity contribution in [1.82, 2.24) is 29.6 Å². The number of rotatable bonds is 4. The van der Waals surface area contributed by atoms with Crippen molar-refractivity contribution in [2.45, 2.75) is 13.0 Å². The van der Waals surface area contributed by atoms with E-state index in [1.54, 1.807) is 31.3 Å². The minimum Gasteiger partial charge on any atom is -0.275 e. The minimum absolute atomic E-state index is 0.112. The summed E-state index contributed by atoms with van der Waals surface area (Å²) >= 11 is 0. The van der Waals surface area contributed by atoms with E-state index in [2.05, 4.69) is 15.5 Å². The molecule has 0 atom stereocenters. The van der Waals surface area contributed by atoms with E-state index in [4.69, 9.17) is 0 Å². The summed E-state index contributed by atoms with van der Waals surface area (Å²) in [6, 6.07) is 8.74. The highest BCUT2D eigenvalue weighted by Gasteiger charge is 2.19. The van der Waals surface area contributed by atoms with Gasteiger partial charge in [-0.3, -0.25) is 4.68 Å². The van der Waals surface area contributed by atoms with Crippen molar-refractivity contribution in [3.8, 4) is 5.69 Å². The normalized spacial score (nSPS) is 11.3. The first-order valence-corrected chi connectivity index (χ1v) is 6.45. The van der Waals surface area contributed by atoms with Gasteiger partial charge in [0.2, 0.25) is 0 Å². The molecule has 0 saturated heterocycles. The molecule has 0 amide bonds. The fourth-order valence-electron chi connectivity index (χ4n) is 2.13. The molecule has 0 bridgehead atoms. The number of hydrogen-bond donors (Lipinski definition) is 0. The van der Waals surface area contributed by atoms with E-state index in [-0.39, 0.29) is 17.8 Å². The average molecular weight is 306 g/mol. The maximum Gasteiger partial charge on any atom is 0.368 e. The van der Waals surface area contributed by atoms with Gasteiger partial charge in [0.05, 0.1) is 12.2 Å². The Balaban J connectivity index is 1.95. The number of nitrogens with zero attached hydrogens (tertiary/aromatic N) is 6. The van der Waals surface area contributed by atoms with Gasteiger partial charge in [0.15, 0.2) is 0 Å². The third-order valence-electron chi connectivity index (χ3n) is 3.10. The maximum atomic E-state index is 12.9. The monoisotopic (exact) mass is 306 g/mol. The highest BCUT2D eigenvalue weighted by molar-refractivity contribution is 5.29. The van der Waals surface area contributed by atoms with Crippen molar-refractivity contribution in [2.24, 2.45) is 7.05 Å². The van der Waals surface area contributed by atoms with Crippen LogP contribution >= 0.6 is 0 Å². The lowest BCUT2D eigenvalue weighted by atomic mass is 10.2. The summed E-state index contributed by atoms with van der Waals surface area (Å²) in [7, 11) is 1.54. The van der Waals surface area contributed by atoms with Gasteiger partial charge in [0.1, 0.15) is 5.69 Å². The molecule has 114 valence electrons. The Hall–Kier alpha value is -2.84. The molecule has 0 aliphatic carbocycles. The van der Waals surface area contributed by atoms with Gasteiger partial charge in [-0.2, -0.15) is 14.5 Å². The third-order valence-corrected chi connectivity index (χ3v) is 3.10. The smallest absolute Gasteiger partial charge is 0.275 e. The number of benzene rings is 1. The minimum atomic E-state index is -2.71. The summed E-state index contributed by atoms with van der Waals surface area (Å²) in [5, 5.41) is 11.2. The molecule has 22 heavy (non-hydrogen) atoms. The van der Waals surface area contributed by atoms with Gasteiger partial charge in [-0.1, -0.05) is 18.2 Å². The van der Waals surface area contributed by atoms with E-state index in [1.807, 2.05) is 6.07 Å². The van der Waals surface area contributed by atoms with E-state index in [0.717, 1.165) is 9.36 Å². The van der Waals surface area contributed by atoms with E-state index in [0.29, 0.717) is 5.69 Å². The highest BCUT2D eigenvalue weighted by Crippen LogP contribution is 2.21. The molecule has 3 rings (SSSR count). The molecule has 1 aromatic carbocycles. The van der Waals surface area contributed by atoms with Crippen molar-refractivity contribution in [2.75, 3.05) is 0 Å². The Morgan fingerprint density at radius 3 is 2.59 bits per heavy atom. The SMILES string of the molecule is Cn1cc(Cn2nnn(-c3ccccc3)c2=O)c(C(F)F)n1. The van der Waals surface area contributed by atoms with Crippen LogP contribution in [0.15, 0.2) is 41.3 Å². The Morgan fingerprint density at radius 1 is 1.18 bits per heavy atom. The van der Waals surface area contributed by atoms with Crippen molar-refractivity contribution < 1.29 is 8.78 Å². The fraction of sp³-hybridized carbons (Fsp3) is 0.231. The van der Waals surface area contributed by atoms with Crippen LogP contribution in [0.4, 0.5) is 8.78 Å². The van der Waals surface area contributed by atoms with Crippen LogP contribution in [0.3, 0.4) is 0 Å². The molecular formula is C13H12F2N6O. The van der Waals surface area contributed by atoms with E-state index >= 15 is 0 Å². The maximum absolute atomic E-state index is 12.9. The molecule has 0 aliphatic heterocycles. The van der Waals surface area contributed by atoms with Crippen molar-refractivity contribution >= 4 is 0 Å². The number of para-hydroxylation sites is 1. The average Bonchev–Trinajstić information content (AvgIpc) is 3.04. The highest BCUT2D eigenvalue weighted by atomic mass is 19.3. The molecule has 2 heterocycles. The third kappa shape index (κ3) is 2.52. The molecule has 0 saturated carbocycles. The number of aryl methyl sites for hydroxylation is 1. The summed E-state index contributed by atoms with van der Waals surface area (Å²) in [6.45, 7) is -0.112. The first kappa shape index (κ1) is 14.1. The molecule has 0 fully saturated rings. The van der Waals surface area contributed by atoms with Crippen LogP contribution in [0.25, 0.3) is 5.69 Å². The van der Waals surface area contributed by atoms with Crippen LogP contribution in [0, 0.1) is 0 Å². The Bertz CT molecular complexity index is 836. The van der Waals surface area contributed by atoms with Crippen LogP contribution in [-0.4, -0.2) is 29.6 Å². The molecule has 2 aromatic heterocycles. The second-order valence-corrected chi connectivity index (χ2v) is 4.68. The van der Waals surface area contributed by atoms with Gasteiger partial charge in [0.25, 0.3) is 6.43 Å². The van der Waals surface area contributed by atoms with E-state index in [1.165, 1.54) is 10.9 Å². The summed E-state index contributed by atoms with van der Waals surface area (Å²) < 4.78 is 29.2. The topological polar surface area (TPSA) is 70.5 Å². The second kappa shape index (κ2) is 5.51. The second-order valence-electron chi connectivity index (χ2n) is 4.68. The largest absolute Gasteiger partial charge is 0.368 e. The van der Waals surface area contributed by atoms with Crippen molar-refractivity contribution in [3.05, 3.63) is 58.3 Å². The first-order chi connectivity index (χ1) is 10.6. The van der Waals surface area contributed by atoms with Crippen molar-refractivity contribution in [1.29, 1.82) is 0 Å². The Morgan fingerprint density at radius 2 is 1.91 bits per heavy atom. The van der Waals surface area contributed by atoms with Crippen molar-refractivity contribution in [3.63, 3.8) is 0 Å². The van der Waals surface area contributed by atoms with Gasteiger partial charge >= 0.3 is 5.69 Å². The molecule has 0 aliphatic rings. The summed E-state index contributed by atoms with van der Waals surface area (Å²) in [4.78, 5) is 12.2. The molecule has 0 unspecified atom stereocenters. The molecule has 7 nitrogen and oxygen atoms in total.